The first-order valence-corrected chi connectivity index (χ1v) is 12.3. The van der Waals surface area contributed by atoms with E-state index in [1.165, 1.54) is 13.0 Å². The largest absolute Gasteiger partial charge is 0.463 e. The van der Waals surface area contributed by atoms with Crippen molar-refractivity contribution < 1.29 is 23.8 Å². The number of hydrogen-bond acceptors (Lipinski definition) is 6. The molecule has 1 aromatic heterocycles. The second-order valence-electron chi connectivity index (χ2n) is 11.6. The number of rotatable bonds is 2. The van der Waals surface area contributed by atoms with Crippen molar-refractivity contribution in [3.63, 3.8) is 0 Å². The van der Waals surface area contributed by atoms with Crippen molar-refractivity contribution in [2.45, 2.75) is 95.5 Å². The van der Waals surface area contributed by atoms with Gasteiger partial charge in [0, 0.05) is 24.3 Å². The van der Waals surface area contributed by atoms with Gasteiger partial charge in [0.15, 0.2) is 0 Å². The van der Waals surface area contributed by atoms with Gasteiger partial charge >= 0.3 is 11.6 Å². The fourth-order valence-corrected chi connectivity index (χ4v) is 9.14. The molecule has 0 amide bonds. The SMILES string of the molecule is CC(=O)O[C@H]1CC[C@@]2(C)[C@H](CC[C@@H]3[C@@H]2CC[C@]2(C)[C@@H](c4ccc(=O)oc4)[C@H](O)[C@H]4O[C@]342)C1. The van der Waals surface area contributed by atoms with Crippen LogP contribution in [-0.4, -0.2) is 35.0 Å². The van der Waals surface area contributed by atoms with Gasteiger partial charge in [0.2, 0.25) is 0 Å². The lowest BCUT2D eigenvalue weighted by molar-refractivity contribution is -0.163. The summed E-state index contributed by atoms with van der Waals surface area (Å²) >= 11 is 0. The Balaban J connectivity index is 1.31. The molecule has 5 fully saturated rings. The summed E-state index contributed by atoms with van der Waals surface area (Å²) in [5, 5.41) is 11.3. The van der Waals surface area contributed by atoms with Gasteiger partial charge in [-0.25, -0.2) is 4.79 Å². The van der Waals surface area contributed by atoms with E-state index < -0.39 is 6.10 Å². The summed E-state index contributed by atoms with van der Waals surface area (Å²) in [6.45, 7) is 6.27. The molecule has 1 N–H and O–H groups in total. The van der Waals surface area contributed by atoms with Crippen molar-refractivity contribution in [3.8, 4) is 0 Å². The van der Waals surface area contributed by atoms with Gasteiger partial charge in [0.1, 0.15) is 17.8 Å². The number of aliphatic hydroxyl groups excluding tert-OH is 1. The third kappa shape index (κ3) is 2.54. The molecule has 1 aliphatic heterocycles. The molecule has 174 valence electrons. The number of epoxide rings is 1. The molecule has 1 saturated heterocycles. The Morgan fingerprint density at radius 1 is 1.12 bits per heavy atom. The molecule has 1 spiro atoms. The normalized spacial score (nSPS) is 51.1. The zero-order valence-electron chi connectivity index (χ0n) is 19.2. The van der Waals surface area contributed by atoms with Crippen molar-refractivity contribution in [3.05, 3.63) is 34.4 Å². The van der Waals surface area contributed by atoms with Crippen LogP contribution in [0.4, 0.5) is 0 Å². The molecule has 0 unspecified atom stereocenters. The van der Waals surface area contributed by atoms with Crippen LogP contribution in [0.2, 0.25) is 0 Å². The van der Waals surface area contributed by atoms with E-state index in [1.54, 1.807) is 6.26 Å². The van der Waals surface area contributed by atoms with Crippen molar-refractivity contribution >= 4 is 5.97 Å². The van der Waals surface area contributed by atoms with E-state index >= 15 is 0 Å². The second kappa shape index (κ2) is 6.69. The molecular formula is C26H34O6. The molecule has 32 heavy (non-hydrogen) atoms. The lowest BCUT2D eigenvalue weighted by Gasteiger charge is -2.61. The molecule has 0 radical (unpaired) electrons. The van der Waals surface area contributed by atoms with Crippen molar-refractivity contribution in [1.82, 2.24) is 0 Å². The molecule has 4 saturated carbocycles. The van der Waals surface area contributed by atoms with Gasteiger partial charge < -0.3 is 19.0 Å². The van der Waals surface area contributed by atoms with Crippen LogP contribution in [0.25, 0.3) is 0 Å². The van der Waals surface area contributed by atoms with Crippen LogP contribution in [0.3, 0.4) is 0 Å². The standard InChI is InChI=1S/C26H34O6/c1-14(27)31-17-8-10-24(2)16(12-17)5-6-19-18(24)9-11-25(3)21(15-4-7-20(28)30-13-15)22(29)23-26(19,25)32-23/h4,7,13,16-19,21-23,29H,5-6,8-12H2,1-3H3/t16-,17+,18+,19-,21+,22+,23-,24+,25-,26-/m1/s1. The Hall–Kier alpha value is -1.66. The summed E-state index contributed by atoms with van der Waals surface area (Å²) in [5.74, 6) is 1.34. The van der Waals surface area contributed by atoms with E-state index in [-0.39, 0.29) is 46.2 Å². The molecule has 2 heterocycles. The maximum Gasteiger partial charge on any atom is 0.335 e. The van der Waals surface area contributed by atoms with Crippen LogP contribution in [0.5, 0.6) is 0 Å². The van der Waals surface area contributed by atoms with E-state index in [2.05, 4.69) is 13.8 Å². The first-order valence-electron chi connectivity index (χ1n) is 12.3. The van der Waals surface area contributed by atoms with Crippen LogP contribution in [0.1, 0.15) is 77.2 Å². The first-order chi connectivity index (χ1) is 15.2. The highest BCUT2D eigenvalue weighted by Crippen LogP contribution is 2.77. The van der Waals surface area contributed by atoms with Gasteiger partial charge in [0.25, 0.3) is 0 Å². The van der Waals surface area contributed by atoms with Crippen LogP contribution < -0.4 is 5.63 Å². The molecular weight excluding hydrogens is 408 g/mol. The fourth-order valence-electron chi connectivity index (χ4n) is 9.14. The zero-order valence-corrected chi connectivity index (χ0v) is 19.2. The Morgan fingerprint density at radius 2 is 1.94 bits per heavy atom. The number of fused-ring (bicyclic) bond motifs is 3. The molecule has 5 aliphatic rings. The number of hydrogen-bond donors (Lipinski definition) is 1. The molecule has 6 nitrogen and oxygen atoms in total. The van der Waals surface area contributed by atoms with Gasteiger partial charge in [-0.15, -0.1) is 0 Å². The number of esters is 1. The summed E-state index contributed by atoms with van der Waals surface area (Å²) in [6, 6.07) is 3.28. The van der Waals surface area contributed by atoms with E-state index in [4.69, 9.17) is 13.9 Å². The van der Waals surface area contributed by atoms with E-state index in [0.717, 1.165) is 50.5 Å². The molecule has 6 heteroatoms. The monoisotopic (exact) mass is 442 g/mol. The Labute approximate surface area is 188 Å². The molecule has 0 bridgehead atoms. The molecule has 10 atom stereocenters. The number of carbonyl (C=O) groups is 1. The van der Waals surface area contributed by atoms with Crippen molar-refractivity contribution in [2.24, 2.45) is 28.6 Å². The van der Waals surface area contributed by atoms with Gasteiger partial charge in [-0.1, -0.05) is 13.8 Å². The van der Waals surface area contributed by atoms with Crippen LogP contribution in [-0.2, 0) is 14.3 Å². The van der Waals surface area contributed by atoms with E-state index in [9.17, 15) is 14.7 Å². The second-order valence-corrected chi connectivity index (χ2v) is 11.6. The Morgan fingerprint density at radius 3 is 2.66 bits per heavy atom. The average Bonchev–Trinajstić information content (AvgIpc) is 3.45. The molecule has 4 aliphatic carbocycles. The fraction of sp³-hybridized carbons (Fsp3) is 0.769. The quantitative estimate of drug-likeness (QED) is 0.554. The highest BCUT2D eigenvalue weighted by molar-refractivity contribution is 5.66. The predicted octanol–water partition coefficient (Wildman–Crippen LogP) is 3.80. The Kier molecular flexibility index (Phi) is 4.37. The van der Waals surface area contributed by atoms with Gasteiger partial charge in [-0.2, -0.15) is 0 Å². The van der Waals surface area contributed by atoms with E-state index in [0.29, 0.717) is 17.8 Å². The summed E-state index contributed by atoms with van der Waals surface area (Å²) in [5.41, 5.74) is 0.332. The number of aliphatic hydroxyl groups is 1. The average molecular weight is 443 g/mol. The number of ether oxygens (including phenoxy) is 2. The summed E-state index contributed by atoms with van der Waals surface area (Å²) < 4.78 is 17.3. The predicted molar refractivity (Wildman–Crippen MR) is 116 cm³/mol. The lowest BCUT2D eigenvalue weighted by Crippen LogP contribution is -2.58. The van der Waals surface area contributed by atoms with Crippen LogP contribution >= 0.6 is 0 Å². The topological polar surface area (TPSA) is 89.3 Å². The van der Waals surface area contributed by atoms with Crippen LogP contribution in [0, 0.1) is 28.6 Å². The Bertz CT molecular complexity index is 982. The summed E-state index contributed by atoms with van der Waals surface area (Å²) in [6.07, 6.45) is 8.27. The maximum atomic E-state index is 11.5. The lowest BCUT2D eigenvalue weighted by atomic mass is 9.44. The summed E-state index contributed by atoms with van der Waals surface area (Å²) in [4.78, 5) is 23.0. The molecule has 1 aromatic rings. The summed E-state index contributed by atoms with van der Waals surface area (Å²) in [7, 11) is 0. The first kappa shape index (κ1) is 20.9. The zero-order chi connectivity index (χ0) is 22.5. The molecule has 6 rings (SSSR count). The van der Waals surface area contributed by atoms with Crippen molar-refractivity contribution in [2.75, 3.05) is 0 Å². The highest BCUT2D eigenvalue weighted by atomic mass is 16.6. The van der Waals surface area contributed by atoms with Crippen molar-refractivity contribution in [1.29, 1.82) is 0 Å². The minimum atomic E-state index is -0.573. The molecule has 0 aromatic carbocycles. The third-order valence-corrected chi connectivity index (χ3v) is 10.5. The highest BCUT2D eigenvalue weighted by Gasteiger charge is 2.83. The van der Waals surface area contributed by atoms with Crippen LogP contribution in [0.15, 0.2) is 27.6 Å². The third-order valence-electron chi connectivity index (χ3n) is 10.5. The number of carbonyl (C=O) groups excluding carboxylic acids is 1. The van der Waals surface area contributed by atoms with Gasteiger partial charge in [-0.3, -0.25) is 4.79 Å². The van der Waals surface area contributed by atoms with Gasteiger partial charge in [-0.05, 0) is 79.7 Å². The maximum absolute atomic E-state index is 11.5. The minimum absolute atomic E-state index is 0.0597. The minimum Gasteiger partial charge on any atom is -0.463 e. The van der Waals surface area contributed by atoms with E-state index in [1.807, 2.05) is 6.07 Å². The smallest absolute Gasteiger partial charge is 0.335 e. The van der Waals surface area contributed by atoms with Gasteiger partial charge in [0.05, 0.1) is 12.4 Å².